The van der Waals surface area contributed by atoms with Gasteiger partial charge in [-0.3, -0.25) is 0 Å². The van der Waals surface area contributed by atoms with Crippen LogP contribution < -0.4 is 19.9 Å². The number of fused-ring (bicyclic) bond motifs is 1. The lowest BCUT2D eigenvalue weighted by atomic mass is 10.1. The van der Waals surface area contributed by atoms with Crippen molar-refractivity contribution in [3.8, 4) is 34.8 Å². The first-order chi connectivity index (χ1) is 15.5. The molecule has 0 radical (unpaired) electrons. The minimum Gasteiger partial charge on any atom is -0.465 e. The Morgan fingerprint density at radius 2 is 1.81 bits per heavy atom. The van der Waals surface area contributed by atoms with E-state index in [2.05, 4.69) is 0 Å². The number of esters is 2. The van der Waals surface area contributed by atoms with Crippen molar-refractivity contribution in [3.05, 3.63) is 59.4 Å². The second-order valence-electron chi connectivity index (χ2n) is 6.57. The van der Waals surface area contributed by atoms with E-state index >= 15 is 0 Å². The molecule has 0 saturated heterocycles. The number of carbonyl (C=O) groups excluding carboxylic acids is 2. The summed E-state index contributed by atoms with van der Waals surface area (Å²) in [4.78, 5) is 24.6. The number of nitrogens with zero attached hydrogens (tertiary/aromatic N) is 2. The first kappa shape index (κ1) is 20.6. The molecule has 0 saturated carbocycles. The maximum atomic E-state index is 12.4. The summed E-state index contributed by atoms with van der Waals surface area (Å²) in [5, 5.41) is 9.41. The third-order valence-corrected chi connectivity index (χ3v) is 4.76. The molecule has 2 aromatic carbocycles. The van der Waals surface area contributed by atoms with Gasteiger partial charge in [0.15, 0.2) is 22.9 Å². The maximum Gasteiger partial charge on any atom is 0.357 e. The summed E-state index contributed by atoms with van der Waals surface area (Å²) in [5.74, 6) is 0.427. The summed E-state index contributed by atoms with van der Waals surface area (Å²) in [6.07, 6.45) is 1.37. The molecule has 0 unspecified atom stereocenters. The number of hydrogen-bond acceptors (Lipinski definition) is 9. The summed E-state index contributed by atoms with van der Waals surface area (Å²) < 4.78 is 27.7. The molecule has 3 aromatic rings. The molecule has 4 rings (SSSR count). The number of benzene rings is 2. The normalized spacial score (nSPS) is 11.5. The average Bonchev–Trinajstić information content (AvgIpc) is 3.41. The summed E-state index contributed by atoms with van der Waals surface area (Å²) in [6, 6.07) is 11.5. The van der Waals surface area contributed by atoms with E-state index in [4.69, 9.17) is 29.4 Å². The number of nitrogen functional groups attached to an aromatic ring is 1. The third kappa shape index (κ3) is 3.52. The van der Waals surface area contributed by atoms with Gasteiger partial charge in [-0.2, -0.15) is 5.26 Å². The van der Waals surface area contributed by atoms with Gasteiger partial charge in [0.25, 0.3) is 0 Å². The van der Waals surface area contributed by atoms with Gasteiger partial charge in [0.1, 0.15) is 11.8 Å². The highest BCUT2D eigenvalue weighted by molar-refractivity contribution is 5.96. The van der Waals surface area contributed by atoms with Crippen molar-refractivity contribution in [3.63, 3.8) is 0 Å². The van der Waals surface area contributed by atoms with Crippen LogP contribution in [0.15, 0.2) is 42.6 Å². The van der Waals surface area contributed by atoms with Crippen molar-refractivity contribution in [2.24, 2.45) is 0 Å². The predicted octanol–water partition coefficient (Wildman–Crippen LogP) is 3.03. The number of anilines is 1. The molecule has 2 N–H and O–H groups in total. The SMILES string of the molecule is COC(=O)c1ccc(Oc2ccc3c(c2)OCO3)c(-n2cc(C#N)c(N)c2C(=O)OC)c1. The smallest absolute Gasteiger partial charge is 0.357 e. The molecule has 0 amide bonds. The van der Waals surface area contributed by atoms with E-state index in [9.17, 15) is 14.9 Å². The molecule has 0 bridgehead atoms. The fourth-order valence-electron chi connectivity index (χ4n) is 3.21. The van der Waals surface area contributed by atoms with Gasteiger partial charge in [0.2, 0.25) is 6.79 Å². The predicted molar refractivity (Wildman–Crippen MR) is 110 cm³/mol. The monoisotopic (exact) mass is 435 g/mol. The zero-order valence-electron chi connectivity index (χ0n) is 17.1. The van der Waals surface area contributed by atoms with Crippen molar-refractivity contribution in [1.29, 1.82) is 5.26 Å². The quantitative estimate of drug-likeness (QED) is 0.600. The first-order valence-corrected chi connectivity index (χ1v) is 9.26. The second kappa shape index (κ2) is 8.23. The van der Waals surface area contributed by atoms with Gasteiger partial charge in [0, 0.05) is 12.3 Å². The lowest BCUT2D eigenvalue weighted by Crippen LogP contribution is -2.12. The molecule has 32 heavy (non-hydrogen) atoms. The van der Waals surface area contributed by atoms with Gasteiger partial charge < -0.3 is 34.0 Å². The van der Waals surface area contributed by atoms with Crippen LogP contribution in [-0.4, -0.2) is 37.5 Å². The number of carbonyl (C=O) groups is 2. The standard InChI is InChI=1S/C22H17N3O7/c1-28-21(26)12-3-5-16(32-14-4-6-17-18(8-14)31-11-30-17)15(7-12)25-10-13(9-23)19(24)20(25)22(27)29-2/h3-8,10H,11,24H2,1-2H3. The van der Waals surface area contributed by atoms with Crippen LogP contribution in [0.1, 0.15) is 26.4 Å². The van der Waals surface area contributed by atoms with Gasteiger partial charge >= 0.3 is 11.9 Å². The van der Waals surface area contributed by atoms with Crippen molar-refractivity contribution in [2.45, 2.75) is 0 Å². The Morgan fingerprint density at radius 3 is 2.53 bits per heavy atom. The Balaban J connectivity index is 1.88. The number of aromatic nitrogens is 1. The molecular weight excluding hydrogens is 418 g/mol. The Bertz CT molecular complexity index is 1270. The molecule has 0 spiro atoms. The Kier molecular flexibility index (Phi) is 5.30. The zero-order valence-corrected chi connectivity index (χ0v) is 17.1. The summed E-state index contributed by atoms with van der Waals surface area (Å²) in [5.41, 5.74) is 6.39. The molecule has 0 aliphatic carbocycles. The average molecular weight is 435 g/mol. The number of methoxy groups -OCH3 is 2. The van der Waals surface area contributed by atoms with Crippen molar-refractivity contribution in [1.82, 2.24) is 4.57 Å². The lowest BCUT2D eigenvalue weighted by molar-refractivity contribution is 0.0588. The molecule has 0 fully saturated rings. The van der Waals surface area contributed by atoms with Gasteiger partial charge in [-0.25, -0.2) is 9.59 Å². The summed E-state index contributed by atoms with van der Waals surface area (Å²) in [6.45, 7) is 0.111. The van der Waals surface area contributed by atoms with Gasteiger partial charge in [-0.15, -0.1) is 0 Å². The first-order valence-electron chi connectivity index (χ1n) is 9.26. The molecule has 10 nitrogen and oxygen atoms in total. The Morgan fingerprint density at radius 1 is 1.06 bits per heavy atom. The van der Waals surface area contributed by atoms with E-state index in [1.807, 2.05) is 6.07 Å². The largest absolute Gasteiger partial charge is 0.465 e. The van der Waals surface area contributed by atoms with E-state index < -0.39 is 11.9 Å². The van der Waals surface area contributed by atoms with Crippen LogP contribution >= 0.6 is 0 Å². The van der Waals surface area contributed by atoms with Crippen LogP contribution in [0.4, 0.5) is 5.69 Å². The van der Waals surface area contributed by atoms with Gasteiger partial charge in [-0.1, -0.05) is 0 Å². The minimum atomic E-state index is -0.762. The van der Waals surface area contributed by atoms with E-state index in [0.29, 0.717) is 17.2 Å². The van der Waals surface area contributed by atoms with Crippen LogP contribution in [0.2, 0.25) is 0 Å². The molecule has 1 aromatic heterocycles. The topological polar surface area (TPSA) is 135 Å². The van der Waals surface area contributed by atoms with Gasteiger partial charge in [-0.05, 0) is 30.3 Å². The van der Waals surface area contributed by atoms with E-state index in [1.165, 1.54) is 43.2 Å². The highest BCUT2D eigenvalue weighted by Gasteiger charge is 2.25. The molecule has 1 aliphatic rings. The number of ether oxygens (including phenoxy) is 5. The molecule has 0 atom stereocenters. The van der Waals surface area contributed by atoms with Crippen LogP contribution in [-0.2, 0) is 9.47 Å². The molecular formula is C22H17N3O7. The fourth-order valence-corrected chi connectivity index (χ4v) is 3.21. The zero-order chi connectivity index (χ0) is 22.8. The van der Waals surface area contributed by atoms with E-state index in [1.54, 1.807) is 18.2 Å². The van der Waals surface area contributed by atoms with Crippen molar-refractivity contribution < 1.29 is 33.3 Å². The number of rotatable bonds is 5. The van der Waals surface area contributed by atoms with Crippen molar-refractivity contribution in [2.75, 3.05) is 26.7 Å². The lowest BCUT2D eigenvalue weighted by Gasteiger charge is -2.15. The number of hydrogen-bond donors (Lipinski definition) is 1. The van der Waals surface area contributed by atoms with Gasteiger partial charge in [0.05, 0.1) is 36.7 Å². The van der Waals surface area contributed by atoms with Crippen molar-refractivity contribution >= 4 is 17.6 Å². The second-order valence-corrected chi connectivity index (χ2v) is 6.57. The van der Waals surface area contributed by atoms with E-state index in [-0.39, 0.29) is 40.7 Å². The van der Waals surface area contributed by atoms with E-state index in [0.717, 1.165) is 0 Å². The van der Waals surface area contributed by atoms with Crippen LogP contribution in [0, 0.1) is 11.3 Å². The highest BCUT2D eigenvalue weighted by Crippen LogP contribution is 2.39. The summed E-state index contributed by atoms with van der Waals surface area (Å²) >= 11 is 0. The fraction of sp³-hybridized carbons (Fsp3) is 0.136. The van der Waals surface area contributed by atoms with Crippen LogP contribution in [0.3, 0.4) is 0 Å². The highest BCUT2D eigenvalue weighted by atomic mass is 16.7. The van der Waals surface area contributed by atoms with Crippen LogP contribution in [0.25, 0.3) is 5.69 Å². The number of nitrogens with two attached hydrogens (primary N) is 1. The Labute approximate surface area is 182 Å². The minimum absolute atomic E-state index is 0.0582. The molecule has 1 aliphatic heterocycles. The molecule has 162 valence electrons. The number of nitriles is 1. The molecule has 2 heterocycles. The van der Waals surface area contributed by atoms with Crippen LogP contribution in [0.5, 0.6) is 23.0 Å². The summed E-state index contributed by atoms with van der Waals surface area (Å²) in [7, 11) is 2.44. The maximum absolute atomic E-state index is 12.4. The molecule has 10 heteroatoms. The Hall–Kier alpha value is -4.65. The third-order valence-electron chi connectivity index (χ3n) is 4.76.